The molecule has 1 aliphatic rings. The number of aryl methyl sites for hydroxylation is 2. The van der Waals surface area contributed by atoms with Crippen molar-refractivity contribution in [2.24, 2.45) is 0 Å². The van der Waals surface area contributed by atoms with Crippen molar-refractivity contribution in [3.05, 3.63) is 82.4 Å². The minimum Gasteiger partial charge on any atom is -0.497 e. The molecule has 4 rings (SSSR count). The van der Waals surface area contributed by atoms with Crippen molar-refractivity contribution in [1.82, 2.24) is 9.62 Å². The van der Waals surface area contributed by atoms with Crippen molar-refractivity contribution in [2.75, 3.05) is 51.3 Å². The second-order valence-electron chi connectivity index (χ2n) is 9.56. The monoisotopic (exact) mass is 571 g/mol. The van der Waals surface area contributed by atoms with Crippen LogP contribution in [-0.2, 0) is 10.0 Å². The third kappa shape index (κ3) is 7.44. The molecule has 0 aliphatic carbocycles. The molecule has 1 amide bonds. The highest BCUT2D eigenvalue weighted by molar-refractivity contribution is 7.90. The van der Waals surface area contributed by atoms with E-state index in [1.807, 2.05) is 38.1 Å². The smallest absolute Gasteiger partial charge is 0.264 e. The molecule has 10 heteroatoms. The minimum atomic E-state index is -3.99. The topological polar surface area (TPSA) is 88.2 Å². The summed E-state index contributed by atoms with van der Waals surface area (Å²) in [5.41, 5.74) is 3.33. The SMILES string of the molecule is COc1ccc(S(=O)(=O)NC(=O)c2ccc(N3CCN(CCCOc4cc(C)c(Cl)c(C)c4)CC3)cc2)cc1. The third-order valence-electron chi connectivity index (χ3n) is 6.76. The van der Waals surface area contributed by atoms with Crippen LogP contribution in [0.2, 0.25) is 5.02 Å². The molecule has 0 saturated carbocycles. The number of carbonyl (C=O) groups is 1. The Balaban J connectivity index is 1.22. The first-order chi connectivity index (χ1) is 18.7. The van der Waals surface area contributed by atoms with Gasteiger partial charge in [0, 0.05) is 49.0 Å². The number of nitrogens with one attached hydrogen (secondary N) is 1. The first kappa shape index (κ1) is 28.7. The van der Waals surface area contributed by atoms with Crippen LogP contribution in [-0.4, -0.2) is 65.7 Å². The van der Waals surface area contributed by atoms with Crippen molar-refractivity contribution in [2.45, 2.75) is 25.2 Å². The fourth-order valence-electron chi connectivity index (χ4n) is 4.52. The Morgan fingerprint density at radius 1 is 0.923 bits per heavy atom. The van der Waals surface area contributed by atoms with Gasteiger partial charge in [-0.3, -0.25) is 9.69 Å². The molecule has 39 heavy (non-hydrogen) atoms. The summed E-state index contributed by atoms with van der Waals surface area (Å²) in [6, 6.07) is 16.8. The molecular formula is C29H34ClN3O5S. The van der Waals surface area contributed by atoms with Gasteiger partial charge in [-0.15, -0.1) is 0 Å². The fraction of sp³-hybridized carbons (Fsp3) is 0.345. The lowest BCUT2D eigenvalue weighted by atomic mass is 10.1. The summed E-state index contributed by atoms with van der Waals surface area (Å²) >= 11 is 6.23. The maximum absolute atomic E-state index is 12.6. The summed E-state index contributed by atoms with van der Waals surface area (Å²) < 4.78 is 38.2. The zero-order valence-corrected chi connectivity index (χ0v) is 24.0. The van der Waals surface area contributed by atoms with Crippen LogP contribution in [0.15, 0.2) is 65.6 Å². The molecule has 0 bridgehead atoms. The Morgan fingerprint density at radius 3 is 2.13 bits per heavy atom. The Bertz CT molecular complexity index is 1360. The fourth-order valence-corrected chi connectivity index (χ4v) is 5.60. The van der Waals surface area contributed by atoms with E-state index in [1.54, 1.807) is 12.1 Å². The minimum absolute atomic E-state index is 0.00660. The lowest BCUT2D eigenvalue weighted by molar-refractivity contribution is 0.0981. The maximum atomic E-state index is 12.6. The predicted molar refractivity (Wildman–Crippen MR) is 154 cm³/mol. The molecule has 8 nitrogen and oxygen atoms in total. The molecule has 0 spiro atoms. The van der Waals surface area contributed by atoms with Gasteiger partial charge in [-0.25, -0.2) is 13.1 Å². The highest BCUT2D eigenvalue weighted by atomic mass is 35.5. The van der Waals surface area contributed by atoms with Gasteiger partial charge in [0.2, 0.25) is 0 Å². The molecule has 1 heterocycles. The lowest BCUT2D eigenvalue weighted by Crippen LogP contribution is -2.46. The number of benzene rings is 3. The van der Waals surface area contributed by atoms with E-state index < -0.39 is 15.9 Å². The number of carbonyl (C=O) groups excluding carboxylic acids is 1. The molecule has 1 saturated heterocycles. The quantitative estimate of drug-likeness (QED) is 0.354. The van der Waals surface area contributed by atoms with Gasteiger partial charge in [0.15, 0.2) is 0 Å². The first-order valence-corrected chi connectivity index (χ1v) is 14.7. The van der Waals surface area contributed by atoms with E-state index in [0.717, 1.165) is 66.7 Å². The average Bonchev–Trinajstić information content (AvgIpc) is 2.94. The number of hydrogen-bond acceptors (Lipinski definition) is 7. The summed E-state index contributed by atoms with van der Waals surface area (Å²) in [4.78, 5) is 17.3. The highest BCUT2D eigenvalue weighted by Crippen LogP contribution is 2.26. The summed E-state index contributed by atoms with van der Waals surface area (Å²) in [7, 11) is -2.49. The number of rotatable bonds is 10. The Hall–Kier alpha value is -3.27. The van der Waals surface area contributed by atoms with Gasteiger partial charge in [0.05, 0.1) is 18.6 Å². The van der Waals surface area contributed by atoms with E-state index in [-0.39, 0.29) is 10.5 Å². The van der Waals surface area contributed by atoms with Gasteiger partial charge in [-0.2, -0.15) is 0 Å². The van der Waals surface area contributed by atoms with Gasteiger partial charge in [0.25, 0.3) is 15.9 Å². The second kappa shape index (κ2) is 12.7. The standard InChI is InChI=1S/C29H34ClN3O5S/c1-21-19-26(20-22(2)28(21)30)38-18-4-13-32-14-16-33(17-15-32)24-7-5-23(6-8-24)29(34)31-39(35,36)27-11-9-25(37-3)10-12-27/h5-12,19-20H,4,13-18H2,1-3H3,(H,31,34). The zero-order valence-electron chi connectivity index (χ0n) is 22.4. The Labute approximate surface area is 235 Å². The van der Waals surface area contributed by atoms with Crippen LogP contribution in [0.25, 0.3) is 0 Å². The van der Waals surface area contributed by atoms with Crippen LogP contribution < -0.4 is 19.1 Å². The van der Waals surface area contributed by atoms with Crippen molar-refractivity contribution in [3.63, 3.8) is 0 Å². The van der Waals surface area contributed by atoms with Gasteiger partial charge >= 0.3 is 0 Å². The van der Waals surface area contributed by atoms with Crippen molar-refractivity contribution in [1.29, 1.82) is 0 Å². The highest BCUT2D eigenvalue weighted by Gasteiger charge is 2.20. The van der Waals surface area contributed by atoms with Gasteiger partial charge in [-0.1, -0.05) is 11.6 Å². The number of piperazine rings is 1. The number of methoxy groups -OCH3 is 1. The van der Waals surface area contributed by atoms with Crippen molar-refractivity contribution >= 4 is 33.2 Å². The van der Waals surface area contributed by atoms with Crippen molar-refractivity contribution < 1.29 is 22.7 Å². The largest absolute Gasteiger partial charge is 0.497 e. The van der Waals surface area contributed by atoms with Gasteiger partial charge < -0.3 is 14.4 Å². The van der Waals surface area contributed by atoms with Crippen LogP contribution in [0.1, 0.15) is 27.9 Å². The molecule has 1 N–H and O–H groups in total. The van der Waals surface area contributed by atoms with Gasteiger partial charge in [-0.05, 0) is 92.1 Å². The van der Waals surface area contributed by atoms with E-state index in [2.05, 4.69) is 14.5 Å². The number of anilines is 1. The zero-order chi connectivity index (χ0) is 28.0. The summed E-state index contributed by atoms with van der Waals surface area (Å²) in [5.74, 6) is 0.716. The number of hydrogen-bond donors (Lipinski definition) is 1. The lowest BCUT2D eigenvalue weighted by Gasteiger charge is -2.36. The predicted octanol–water partition coefficient (Wildman–Crippen LogP) is 4.68. The summed E-state index contributed by atoms with van der Waals surface area (Å²) in [5, 5.41) is 0.788. The Kier molecular flexibility index (Phi) is 9.37. The third-order valence-corrected chi connectivity index (χ3v) is 8.70. The number of amides is 1. The molecule has 0 atom stereocenters. The molecule has 0 radical (unpaired) electrons. The van der Waals surface area contributed by atoms with E-state index >= 15 is 0 Å². The van der Waals surface area contributed by atoms with Gasteiger partial charge in [0.1, 0.15) is 11.5 Å². The summed E-state index contributed by atoms with van der Waals surface area (Å²) in [6.07, 6.45) is 0.934. The van der Waals surface area contributed by atoms with Crippen LogP contribution in [0.5, 0.6) is 11.5 Å². The second-order valence-corrected chi connectivity index (χ2v) is 11.6. The van der Waals surface area contributed by atoms with Crippen LogP contribution in [0.4, 0.5) is 5.69 Å². The molecular weight excluding hydrogens is 538 g/mol. The van der Waals surface area contributed by atoms with Crippen molar-refractivity contribution in [3.8, 4) is 11.5 Å². The molecule has 208 valence electrons. The molecule has 0 unspecified atom stereocenters. The maximum Gasteiger partial charge on any atom is 0.264 e. The molecule has 3 aromatic rings. The molecule has 0 aromatic heterocycles. The van der Waals surface area contributed by atoms with E-state index in [4.69, 9.17) is 21.1 Å². The van der Waals surface area contributed by atoms with Crippen LogP contribution >= 0.6 is 11.6 Å². The molecule has 1 fully saturated rings. The van der Waals surface area contributed by atoms with E-state index in [9.17, 15) is 13.2 Å². The normalized spacial score (nSPS) is 14.2. The Morgan fingerprint density at radius 2 is 1.54 bits per heavy atom. The summed E-state index contributed by atoms with van der Waals surface area (Å²) in [6.45, 7) is 9.18. The molecule has 1 aliphatic heterocycles. The number of ether oxygens (including phenoxy) is 2. The average molecular weight is 572 g/mol. The number of nitrogens with zero attached hydrogens (tertiary/aromatic N) is 2. The van der Waals surface area contributed by atoms with Crippen LogP contribution in [0.3, 0.4) is 0 Å². The molecule has 3 aromatic carbocycles. The van der Waals surface area contributed by atoms with E-state index in [0.29, 0.717) is 12.4 Å². The first-order valence-electron chi connectivity index (χ1n) is 12.8. The number of sulfonamides is 1. The van der Waals surface area contributed by atoms with E-state index in [1.165, 1.54) is 31.4 Å². The van der Waals surface area contributed by atoms with Crippen LogP contribution in [0, 0.1) is 13.8 Å². The number of halogens is 1.